The summed E-state index contributed by atoms with van der Waals surface area (Å²) < 4.78 is 3.75. The molecule has 1 N–H and O–H groups in total. The van der Waals surface area contributed by atoms with E-state index in [0.29, 0.717) is 5.16 Å². The SMILES string of the molecule is Cn1c(=O)n(CCO)c(=O)c2c1nc(SCC(=O)[O-])n2Cc1ccccc1. The Morgan fingerprint density at radius 2 is 1.93 bits per heavy atom. The van der Waals surface area contributed by atoms with Crippen molar-refractivity contribution >= 4 is 28.9 Å². The van der Waals surface area contributed by atoms with Crippen molar-refractivity contribution in [3.63, 3.8) is 0 Å². The lowest BCUT2D eigenvalue weighted by atomic mass is 10.2. The van der Waals surface area contributed by atoms with Crippen molar-refractivity contribution < 1.29 is 15.0 Å². The second kappa shape index (κ2) is 7.80. The molecule has 2 aromatic heterocycles. The van der Waals surface area contributed by atoms with Crippen LogP contribution in [0.4, 0.5) is 0 Å². The third-order valence-electron chi connectivity index (χ3n) is 4.02. The first-order valence-corrected chi connectivity index (χ1v) is 9.10. The van der Waals surface area contributed by atoms with Gasteiger partial charge in [0.2, 0.25) is 0 Å². The molecule has 0 unspecified atom stereocenters. The molecule has 0 atom stereocenters. The van der Waals surface area contributed by atoms with E-state index >= 15 is 0 Å². The number of aliphatic hydroxyl groups excluding tert-OH is 1. The molecule has 0 radical (unpaired) electrons. The van der Waals surface area contributed by atoms with Gasteiger partial charge in [0.25, 0.3) is 5.56 Å². The van der Waals surface area contributed by atoms with E-state index < -0.39 is 17.2 Å². The standard InChI is InChI=1S/C17H18N4O5S/c1-19-14-13(15(25)20(7-8-22)17(19)26)21(9-11-5-3-2-4-6-11)16(18-14)27-10-12(23)24/h2-6,22H,7-10H2,1H3,(H,23,24)/p-1. The smallest absolute Gasteiger partial charge is 0.332 e. The third-order valence-corrected chi connectivity index (χ3v) is 4.97. The van der Waals surface area contributed by atoms with Crippen molar-refractivity contribution in [2.24, 2.45) is 7.05 Å². The molecule has 3 aromatic rings. The van der Waals surface area contributed by atoms with Crippen molar-refractivity contribution in [1.82, 2.24) is 18.7 Å². The Balaban J connectivity index is 2.27. The van der Waals surface area contributed by atoms with Crippen LogP contribution < -0.4 is 16.4 Å². The number of rotatable bonds is 7. The first kappa shape index (κ1) is 18.9. The van der Waals surface area contributed by atoms with Crippen molar-refractivity contribution in [1.29, 1.82) is 0 Å². The Hall–Kier alpha value is -2.85. The van der Waals surface area contributed by atoms with Gasteiger partial charge in [-0.05, 0) is 5.56 Å². The summed E-state index contributed by atoms with van der Waals surface area (Å²) >= 11 is 0.920. The highest BCUT2D eigenvalue weighted by Crippen LogP contribution is 2.22. The molecule has 0 aliphatic carbocycles. The van der Waals surface area contributed by atoms with Crippen LogP contribution in [-0.4, -0.2) is 42.1 Å². The van der Waals surface area contributed by atoms with Gasteiger partial charge in [-0.1, -0.05) is 42.1 Å². The molecule has 0 saturated carbocycles. The number of benzene rings is 1. The molecule has 2 heterocycles. The zero-order chi connectivity index (χ0) is 19.6. The Bertz CT molecular complexity index is 1100. The number of carboxylic acids is 1. The summed E-state index contributed by atoms with van der Waals surface area (Å²) in [6, 6.07) is 9.30. The molecule has 0 amide bonds. The van der Waals surface area contributed by atoms with Gasteiger partial charge in [0, 0.05) is 12.8 Å². The summed E-state index contributed by atoms with van der Waals surface area (Å²) in [4.78, 5) is 40.5. The van der Waals surface area contributed by atoms with Crippen LogP contribution in [0.25, 0.3) is 11.2 Å². The van der Waals surface area contributed by atoms with E-state index in [1.165, 1.54) is 11.6 Å². The van der Waals surface area contributed by atoms with Gasteiger partial charge in [0.05, 0.1) is 25.7 Å². The van der Waals surface area contributed by atoms with Crippen LogP contribution in [0.15, 0.2) is 45.1 Å². The average Bonchev–Trinajstić information content (AvgIpc) is 3.01. The van der Waals surface area contributed by atoms with Gasteiger partial charge in [-0.25, -0.2) is 9.78 Å². The molecular weight excluding hydrogens is 372 g/mol. The fraction of sp³-hybridized carbons (Fsp3) is 0.294. The normalized spacial score (nSPS) is 11.2. The van der Waals surface area contributed by atoms with Gasteiger partial charge in [-0.15, -0.1) is 0 Å². The van der Waals surface area contributed by atoms with Gasteiger partial charge in [0.15, 0.2) is 16.3 Å². The number of nitrogens with zero attached hydrogens (tertiary/aromatic N) is 4. The number of carboxylic acid groups (broad SMARTS) is 1. The second-order valence-electron chi connectivity index (χ2n) is 5.82. The van der Waals surface area contributed by atoms with Gasteiger partial charge in [-0.2, -0.15) is 0 Å². The summed E-state index contributed by atoms with van der Waals surface area (Å²) in [7, 11) is 1.48. The lowest BCUT2D eigenvalue weighted by molar-refractivity contribution is -0.301. The van der Waals surface area contributed by atoms with Crippen LogP contribution in [0.2, 0.25) is 0 Å². The van der Waals surface area contributed by atoms with Crippen LogP contribution >= 0.6 is 11.8 Å². The zero-order valence-electron chi connectivity index (χ0n) is 14.5. The number of aromatic nitrogens is 4. The van der Waals surface area contributed by atoms with Crippen molar-refractivity contribution in [2.75, 3.05) is 12.4 Å². The highest BCUT2D eigenvalue weighted by molar-refractivity contribution is 7.99. The number of fused-ring (bicyclic) bond motifs is 1. The summed E-state index contributed by atoms with van der Waals surface area (Å²) in [6.45, 7) is -0.224. The maximum atomic E-state index is 12.9. The van der Waals surface area contributed by atoms with Crippen LogP contribution in [0.5, 0.6) is 0 Å². The number of thioether (sulfide) groups is 1. The molecule has 9 nitrogen and oxygen atoms in total. The van der Waals surface area contributed by atoms with Crippen LogP contribution in [0.3, 0.4) is 0 Å². The molecule has 3 rings (SSSR count). The first-order valence-electron chi connectivity index (χ1n) is 8.11. The minimum absolute atomic E-state index is 0.139. The third kappa shape index (κ3) is 3.67. The number of carbonyl (C=O) groups excluding carboxylic acids is 1. The Kier molecular flexibility index (Phi) is 5.47. The topological polar surface area (TPSA) is 122 Å². The Labute approximate surface area is 157 Å². The highest BCUT2D eigenvalue weighted by Gasteiger charge is 2.20. The number of aliphatic hydroxyl groups is 1. The lowest BCUT2D eigenvalue weighted by Crippen LogP contribution is -2.40. The fourth-order valence-electron chi connectivity index (χ4n) is 2.80. The van der Waals surface area contributed by atoms with Crippen LogP contribution in [0, 0.1) is 0 Å². The number of carbonyl (C=O) groups is 1. The Morgan fingerprint density at radius 3 is 2.56 bits per heavy atom. The molecule has 0 spiro atoms. The van der Waals surface area contributed by atoms with Crippen LogP contribution in [0.1, 0.15) is 5.56 Å². The van der Waals surface area contributed by atoms with Gasteiger partial charge >= 0.3 is 5.69 Å². The molecule has 27 heavy (non-hydrogen) atoms. The molecular formula is C17H17N4O5S-. The number of aryl methyl sites for hydroxylation is 1. The summed E-state index contributed by atoms with van der Waals surface area (Å²) in [5.41, 5.74) is 0.0496. The largest absolute Gasteiger partial charge is 0.549 e. The van der Waals surface area contributed by atoms with E-state index in [-0.39, 0.29) is 36.6 Å². The number of imidazole rings is 1. The maximum absolute atomic E-state index is 12.9. The van der Waals surface area contributed by atoms with Crippen molar-refractivity contribution in [3.05, 3.63) is 56.7 Å². The molecule has 142 valence electrons. The van der Waals surface area contributed by atoms with Crippen molar-refractivity contribution in [3.8, 4) is 0 Å². The minimum atomic E-state index is -1.26. The van der Waals surface area contributed by atoms with E-state index in [1.54, 1.807) is 4.57 Å². The fourth-order valence-corrected chi connectivity index (χ4v) is 3.50. The van der Waals surface area contributed by atoms with Gasteiger partial charge in [0.1, 0.15) is 0 Å². The predicted molar refractivity (Wildman–Crippen MR) is 97.6 cm³/mol. The second-order valence-corrected chi connectivity index (χ2v) is 6.76. The molecule has 0 bridgehead atoms. The summed E-state index contributed by atoms with van der Waals surface area (Å²) in [5.74, 6) is -1.60. The number of hydrogen-bond donors (Lipinski definition) is 1. The molecule has 0 aliphatic heterocycles. The monoisotopic (exact) mass is 389 g/mol. The molecule has 0 aliphatic rings. The zero-order valence-corrected chi connectivity index (χ0v) is 15.3. The van der Waals surface area contributed by atoms with E-state index in [2.05, 4.69) is 4.98 Å². The molecule has 1 aromatic carbocycles. The molecule has 10 heteroatoms. The number of hydrogen-bond acceptors (Lipinski definition) is 7. The maximum Gasteiger partial charge on any atom is 0.332 e. The Morgan fingerprint density at radius 1 is 1.22 bits per heavy atom. The predicted octanol–water partition coefficient (Wildman–Crippen LogP) is -1.22. The highest BCUT2D eigenvalue weighted by atomic mass is 32.2. The lowest BCUT2D eigenvalue weighted by Gasteiger charge is -2.10. The van der Waals surface area contributed by atoms with Gasteiger partial charge < -0.3 is 19.6 Å². The van der Waals surface area contributed by atoms with Crippen molar-refractivity contribution in [2.45, 2.75) is 18.2 Å². The van der Waals surface area contributed by atoms with E-state index in [9.17, 15) is 24.6 Å². The minimum Gasteiger partial charge on any atom is -0.549 e. The van der Waals surface area contributed by atoms with Gasteiger partial charge in [-0.3, -0.25) is 13.9 Å². The van der Waals surface area contributed by atoms with E-state index in [0.717, 1.165) is 21.9 Å². The quantitative estimate of drug-likeness (QED) is 0.503. The number of aliphatic carboxylic acids is 1. The van der Waals surface area contributed by atoms with E-state index in [4.69, 9.17) is 0 Å². The molecule has 0 saturated heterocycles. The van der Waals surface area contributed by atoms with Crippen LogP contribution in [-0.2, 0) is 24.9 Å². The summed E-state index contributed by atoms with van der Waals surface area (Å²) in [6.07, 6.45) is 0. The average molecular weight is 389 g/mol. The first-order chi connectivity index (χ1) is 12.9. The molecule has 0 fully saturated rings. The van der Waals surface area contributed by atoms with E-state index in [1.807, 2.05) is 30.3 Å². The summed E-state index contributed by atoms with van der Waals surface area (Å²) in [5, 5.41) is 20.3.